The average molecular weight is 326 g/mol. The van der Waals surface area contributed by atoms with Gasteiger partial charge in [-0.3, -0.25) is 4.79 Å². The topological polar surface area (TPSA) is 58.4 Å². The fraction of sp³-hybridized carbons (Fsp3) is 0.500. The third-order valence-electron chi connectivity index (χ3n) is 3.41. The number of hydrogen-bond donors (Lipinski definition) is 2. The molecule has 5 heteroatoms. The molecular formula is C14H20BrN3O. The largest absolute Gasteiger partial charge is 0.329 e. The highest BCUT2D eigenvalue weighted by Crippen LogP contribution is 2.20. The van der Waals surface area contributed by atoms with Crippen LogP contribution in [0.5, 0.6) is 0 Å². The zero-order chi connectivity index (χ0) is 13.7. The number of hydrogen-bond acceptors (Lipinski definition) is 3. The van der Waals surface area contributed by atoms with Crippen LogP contribution in [0.4, 0.5) is 5.69 Å². The molecule has 0 aliphatic carbocycles. The van der Waals surface area contributed by atoms with Gasteiger partial charge in [0.1, 0.15) is 0 Å². The standard InChI is InChI=1S/C14H20BrN3O/c15-12-4-1-5-13(9-12)17-14(19)11-3-2-7-18(10-11)8-6-16/h1,4-5,9,11H,2-3,6-8,10,16H2,(H,17,19). The lowest BCUT2D eigenvalue weighted by molar-refractivity contribution is -0.121. The summed E-state index contributed by atoms with van der Waals surface area (Å²) < 4.78 is 0.971. The first-order valence-electron chi connectivity index (χ1n) is 6.68. The lowest BCUT2D eigenvalue weighted by Gasteiger charge is -2.31. The zero-order valence-electron chi connectivity index (χ0n) is 10.9. The number of halogens is 1. The van der Waals surface area contributed by atoms with E-state index in [1.807, 2.05) is 24.3 Å². The Morgan fingerprint density at radius 3 is 3.11 bits per heavy atom. The second-order valence-corrected chi connectivity index (χ2v) is 5.84. The van der Waals surface area contributed by atoms with Gasteiger partial charge in [0.05, 0.1) is 5.92 Å². The molecule has 0 radical (unpaired) electrons. The maximum absolute atomic E-state index is 12.2. The Labute approximate surface area is 122 Å². The molecule has 0 bridgehead atoms. The van der Waals surface area contributed by atoms with E-state index >= 15 is 0 Å². The van der Waals surface area contributed by atoms with E-state index in [0.717, 1.165) is 42.6 Å². The van der Waals surface area contributed by atoms with Gasteiger partial charge in [-0.1, -0.05) is 22.0 Å². The molecule has 0 spiro atoms. The summed E-state index contributed by atoms with van der Waals surface area (Å²) in [7, 11) is 0. The minimum atomic E-state index is 0.0688. The Morgan fingerprint density at radius 1 is 1.53 bits per heavy atom. The average Bonchev–Trinajstić information content (AvgIpc) is 2.39. The predicted octanol–water partition coefficient (Wildman–Crippen LogP) is 2.06. The molecule has 0 saturated carbocycles. The van der Waals surface area contributed by atoms with Crippen molar-refractivity contribution in [3.63, 3.8) is 0 Å². The van der Waals surface area contributed by atoms with Crippen molar-refractivity contribution in [1.29, 1.82) is 0 Å². The first-order chi connectivity index (χ1) is 9.19. The van der Waals surface area contributed by atoms with Crippen molar-refractivity contribution in [2.45, 2.75) is 12.8 Å². The summed E-state index contributed by atoms with van der Waals surface area (Å²) >= 11 is 3.40. The van der Waals surface area contributed by atoms with Gasteiger partial charge in [0, 0.05) is 29.8 Å². The molecule has 1 aliphatic heterocycles. The highest BCUT2D eigenvalue weighted by molar-refractivity contribution is 9.10. The quantitative estimate of drug-likeness (QED) is 0.890. The third kappa shape index (κ3) is 4.30. The highest BCUT2D eigenvalue weighted by atomic mass is 79.9. The molecule has 0 aromatic heterocycles. The summed E-state index contributed by atoms with van der Waals surface area (Å²) in [5.74, 6) is 0.180. The van der Waals surface area contributed by atoms with Gasteiger partial charge in [-0.25, -0.2) is 0 Å². The molecule has 3 N–H and O–H groups in total. The monoisotopic (exact) mass is 325 g/mol. The molecule has 1 heterocycles. The Kier molecular flexibility index (Phi) is 5.36. The molecule has 1 aromatic carbocycles. The van der Waals surface area contributed by atoms with Crippen molar-refractivity contribution in [2.24, 2.45) is 11.7 Å². The van der Waals surface area contributed by atoms with Crippen LogP contribution < -0.4 is 11.1 Å². The van der Waals surface area contributed by atoms with Crippen LogP contribution in [0.15, 0.2) is 28.7 Å². The highest BCUT2D eigenvalue weighted by Gasteiger charge is 2.25. The van der Waals surface area contributed by atoms with Gasteiger partial charge in [-0.05, 0) is 37.6 Å². The van der Waals surface area contributed by atoms with E-state index < -0.39 is 0 Å². The number of benzene rings is 1. The van der Waals surface area contributed by atoms with Gasteiger partial charge in [-0.15, -0.1) is 0 Å². The Hall–Kier alpha value is -0.910. The van der Waals surface area contributed by atoms with Crippen LogP contribution in [0, 0.1) is 5.92 Å². The maximum atomic E-state index is 12.2. The Balaban J connectivity index is 1.92. The van der Waals surface area contributed by atoms with Crippen molar-refractivity contribution in [2.75, 3.05) is 31.5 Å². The number of piperidine rings is 1. The number of amides is 1. The molecule has 19 heavy (non-hydrogen) atoms. The van der Waals surface area contributed by atoms with Crippen LogP contribution in [0.2, 0.25) is 0 Å². The number of nitrogens with one attached hydrogen (secondary N) is 1. The molecule has 104 valence electrons. The maximum Gasteiger partial charge on any atom is 0.228 e. The molecule has 1 unspecified atom stereocenters. The molecule has 1 amide bonds. The molecule has 1 saturated heterocycles. The molecular weight excluding hydrogens is 306 g/mol. The van der Waals surface area contributed by atoms with Crippen molar-refractivity contribution in [1.82, 2.24) is 4.90 Å². The van der Waals surface area contributed by atoms with Crippen LogP contribution in [0.1, 0.15) is 12.8 Å². The first-order valence-corrected chi connectivity index (χ1v) is 7.47. The van der Waals surface area contributed by atoms with Crippen molar-refractivity contribution >= 4 is 27.5 Å². The second kappa shape index (κ2) is 7.03. The first kappa shape index (κ1) is 14.5. The lowest BCUT2D eigenvalue weighted by Crippen LogP contribution is -2.42. The minimum Gasteiger partial charge on any atom is -0.329 e. The van der Waals surface area contributed by atoms with Crippen molar-refractivity contribution < 1.29 is 4.79 Å². The van der Waals surface area contributed by atoms with E-state index in [-0.39, 0.29) is 11.8 Å². The van der Waals surface area contributed by atoms with Crippen LogP contribution in [-0.4, -0.2) is 37.0 Å². The molecule has 1 atom stereocenters. The number of rotatable bonds is 4. The van der Waals surface area contributed by atoms with Gasteiger partial charge in [0.25, 0.3) is 0 Å². The van der Waals surface area contributed by atoms with Gasteiger partial charge in [0.2, 0.25) is 5.91 Å². The van der Waals surface area contributed by atoms with Crippen molar-refractivity contribution in [3.05, 3.63) is 28.7 Å². The second-order valence-electron chi connectivity index (χ2n) is 4.93. The van der Waals surface area contributed by atoms with Crippen LogP contribution in [0.3, 0.4) is 0 Å². The number of nitrogens with two attached hydrogens (primary N) is 1. The van der Waals surface area contributed by atoms with Gasteiger partial charge >= 0.3 is 0 Å². The summed E-state index contributed by atoms with van der Waals surface area (Å²) in [5.41, 5.74) is 6.42. The van der Waals surface area contributed by atoms with Gasteiger partial charge < -0.3 is 16.0 Å². The number of likely N-dealkylation sites (tertiary alicyclic amines) is 1. The SMILES string of the molecule is NCCN1CCCC(C(=O)Nc2cccc(Br)c2)C1. The number of carbonyl (C=O) groups excluding carboxylic acids is 1. The van der Waals surface area contributed by atoms with E-state index in [2.05, 4.69) is 26.1 Å². The fourth-order valence-corrected chi connectivity index (χ4v) is 2.87. The Bertz CT molecular complexity index is 436. The molecule has 1 aliphatic rings. The number of anilines is 1. The number of carbonyl (C=O) groups is 1. The van der Waals surface area contributed by atoms with Crippen LogP contribution in [-0.2, 0) is 4.79 Å². The summed E-state index contributed by atoms with van der Waals surface area (Å²) in [6.45, 7) is 3.40. The van der Waals surface area contributed by atoms with E-state index in [1.54, 1.807) is 0 Å². The van der Waals surface area contributed by atoms with Crippen LogP contribution >= 0.6 is 15.9 Å². The fourth-order valence-electron chi connectivity index (χ4n) is 2.47. The third-order valence-corrected chi connectivity index (χ3v) is 3.91. The normalized spacial score (nSPS) is 20.2. The zero-order valence-corrected chi connectivity index (χ0v) is 12.5. The molecule has 1 fully saturated rings. The predicted molar refractivity (Wildman–Crippen MR) is 81.0 cm³/mol. The smallest absolute Gasteiger partial charge is 0.228 e. The van der Waals surface area contributed by atoms with Crippen molar-refractivity contribution in [3.8, 4) is 0 Å². The minimum absolute atomic E-state index is 0.0688. The summed E-state index contributed by atoms with van der Waals surface area (Å²) in [6.07, 6.45) is 2.03. The summed E-state index contributed by atoms with van der Waals surface area (Å²) in [6, 6.07) is 7.68. The summed E-state index contributed by atoms with van der Waals surface area (Å²) in [4.78, 5) is 14.5. The van der Waals surface area contributed by atoms with E-state index in [9.17, 15) is 4.79 Å². The molecule has 1 aromatic rings. The van der Waals surface area contributed by atoms with Crippen LogP contribution in [0.25, 0.3) is 0 Å². The van der Waals surface area contributed by atoms with Gasteiger partial charge in [0.15, 0.2) is 0 Å². The van der Waals surface area contributed by atoms with E-state index in [4.69, 9.17) is 5.73 Å². The van der Waals surface area contributed by atoms with Gasteiger partial charge in [-0.2, -0.15) is 0 Å². The van der Waals surface area contributed by atoms with E-state index in [0.29, 0.717) is 6.54 Å². The molecule has 4 nitrogen and oxygen atoms in total. The van der Waals surface area contributed by atoms with E-state index in [1.165, 1.54) is 0 Å². The lowest BCUT2D eigenvalue weighted by atomic mass is 9.97. The summed E-state index contributed by atoms with van der Waals surface area (Å²) in [5, 5.41) is 2.99. The Morgan fingerprint density at radius 2 is 2.37 bits per heavy atom. The number of nitrogens with zero attached hydrogens (tertiary/aromatic N) is 1. The molecule has 2 rings (SSSR count).